The molecule has 0 saturated carbocycles. The van der Waals surface area contributed by atoms with Crippen LogP contribution in [0.25, 0.3) is 0 Å². The van der Waals surface area contributed by atoms with Crippen molar-refractivity contribution < 1.29 is 14.7 Å². The Morgan fingerprint density at radius 3 is 2.17 bits per heavy atom. The van der Waals surface area contributed by atoms with E-state index >= 15 is 0 Å². The van der Waals surface area contributed by atoms with Crippen molar-refractivity contribution in [2.24, 2.45) is 0 Å². The summed E-state index contributed by atoms with van der Waals surface area (Å²) in [5.41, 5.74) is 1.00. The van der Waals surface area contributed by atoms with Gasteiger partial charge < -0.3 is 10.4 Å². The van der Waals surface area contributed by atoms with E-state index in [2.05, 4.69) is 19.2 Å². The smallest absolute Gasteiger partial charge is 0.303 e. The highest BCUT2D eigenvalue weighted by atomic mass is 16.4. The third-order valence-corrected chi connectivity index (χ3v) is 1.90. The van der Waals surface area contributed by atoms with E-state index < -0.39 is 5.97 Å². The number of benzene rings is 1. The minimum absolute atomic E-state index is 0.0299. The van der Waals surface area contributed by atoms with Crippen LogP contribution < -0.4 is 5.32 Å². The molecule has 0 radical (unpaired) electrons. The number of carboxylic acid groups (broad SMARTS) is 1. The molecule has 0 aliphatic rings. The summed E-state index contributed by atoms with van der Waals surface area (Å²) in [7, 11) is 0. The number of carboxylic acids is 1. The Balaban J connectivity index is 0.000000873. The van der Waals surface area contributed by atoms with Gasteiger partial charge in [-0.1, -0.05) is 50.6 Å². The van der Waals surface area contributed by atoms with Crippen molar-refractivity contribution in [3.8, 4) is 0 Å². The zero-order valence-corrected chi connectivity index (χ0v) is 11.0. The molecule has 1 rings (SSSR count). The number of hydrogen-bond acceptors (Lipinski definition) is 2. The zero-order chi connectivity index (χ0) is 13.8. The molecule has 2 N–H and O–H groups in total. The third kappa shape index (κ3) is 9.39. The standard InChI is InChI=1S/C11H13NO3.C3H8/c13-10(6-7-11(14)15)12-8-9-4-2-1-3-5-9;1-3-2/h1-5H,6-8H2,(H,12,13)(H,14,15);3H2,1-2H3. The molecule has 100 valence electrons. The maximum Gasteiger partial charge on any atom is 0.303 e. The number of carbonyl (C=O) groups excluding carboxylic acids is 1. The van der Waals surface area contributed by atoms with Crippen LogP contribution in [0.3, 0.4) is 0 Å². The van der Waals surface area contributed by atoms with Gasteiger partial charge in [0, 0.05) is 13.0 Å². The summed E-state index contributed by atoms with van der Waals surface area (Å²) >= 11 is 0. The highest BCUT2D eigenvalue weighted by Crippen LogP contribution is 1.98. The van der Waals surface area contributed by atoms with E-state index in [0.29, 0.717) is 6.54 Å². The first-order valence-electron chi connectivity index (χ1n) is 6.12. The summed E-state index contributed by atoms with van der Waals surface area (Å²) in [4.78, 5) is 21.3. The molecule has 0 fully saturated rings. The molecule has 0 unspecified atom stereocenters. The molecule has 0 spiro atoms. The summed E-state index contributed by atoms with van der Waals surface area (Å²) in [6, 6.07) is 9.47. The van der Waals surface area contributed by atoms with Crippen molar-refractivity contribution >= 4 is 11.9 Å². The van der Waals surface area contributed by atoms with Gasteiger partial charge >= 0.3 is 5.97 Å². The lowest BCUT2D eigenvalue weighted by atomic mass is 10.2. The second kappa shape index (κ2) is 10.3. The van der Waals surface area contributed by atoms with Gasteiger partial charge in [-0.05, 0) is 5.56 Å². The average Bonchev–Trinajstić information content (AvgIpc) is 2.36. The Morgan fingerprint density at radius 1 is 1.11 bits per heavy atom. The predicted molar refractivity (Wildman–Crippen MR) is 71.1 cm³/mol. The molecular weight excluding hydrogens is 230 g/mol. The summed E-state index contributed by atoms with van der Waals surface area (Å²) in [6.45, 7) is 4.69. The van der Waals surface area contributed by atoms with Gasteiger partial charge in [0.25, 0.3) is 0 Å². The number of amides is 1. The normalized spacial score (nSPS) is 9.00. The maximum absolute atomic E-state index is 11.1. The second-order valence-corrected chi connectivity index (χ2v) is 3.86. The number of carbonyl (C=O) groups is 2. The predicted octanol–water partition coefficient (Wildman–Crippen LogP) is 2.58. The van der Waals surface area contributed by atoms with Crippen LogP contribution in [-0.4, -0.2) is 17.0 Å². The maximum atomic E-state index is 11.1. The van der Waals surface area contributed by atoms with E-state index in [0.717, 1.165) is 5.56 Å². The van der Waals surface area contributed by atoms with Gasteiger partial charge in [0.05, 0.1) is 6.42 Å². The molecular formula is C14H21NO3. The Hall–Kier alpha value is -1.84. The molecule has 0 heterocycles. The topological polar surface area (TPSA) is 66.4 Å². The fraction of sp³-hybridized carbons (Fsp3) is 0.429. The largest absolute Gasteiger partial charge is 0.481 e. The highest BCUT2D eigenvalue weighted by molar-refractivity contribution is 5.80. The number of aliphatic carboxylic acids is 1. The van der Waals surface area contributed by atoms with Gasteiger partial charge in [0.2, 0.25) is 5.91 Å². The molecule has 1 amide bonds. The lowest BCUT2D eigenvalue weighted by Crippen LogP contribution is -2.23. The summed E-state index contributed by atoms with van der Waals surface area (Å²) < 4.78 is 0. The fourth-order valence-corrected chi connectivity index (χ4v) is 1.11. The summed E-state index contributed by atoms with van der Waals surface area (Å²) in [5.74, 6) is -1.19. The molecule has 0 bridgehead atoms. The minimum Gasteiger partial charge on any atom is -0.481 e. The van der Waals surface area contributed by atoms with Gasteiger partial charge in [-0.15, -0.1) is 0 Å². The van der Waals surface area contributed by atoms with Gasteiger partial charge in [-0.25, -0.2) is 0 Å². The van der Waals surface area contributed by atoms with Gasteiger partial charge in [0.1, 0.15) is 0 Å². The van der Waals surface area contributed by atoms with Crippen molar-refractivity contribution in [1.82, 2.24) is 5.32 Å². The molecule has 18 heavy (non-hydrogen) atoms. The Kier molecular flexibility index (Phi) is 9.27. The van der Waals surface area contributed by atoms with Crippen molar-refractivity contribution in [1.29, 1.82) is 0 Å². The molecule has 4 heteroatoms. The van der Waals surface area contributed by atoms with Crippen molar-refractivity contribution in [3.63, 3.8) is 0 Å². The van der Waals surface area contributed by atoms with Crippen LogP contribution in [0.4, 0.5) is 0 Å². The van der Waals surface area contributed by atoms with Crippen LogP contribution in [0, 0.1) is 0 Å². The molecule has 0 aliphatic carbocycles. The average molecular weight is 251 g/mol. The van der Waals surface area contributed by atoms with E-state index in [1.807, 2.05) is 30.3 Å². The first kappa shape index (κ1) is 16.2. The fourth-order valence-electron chi connectivity index (χ4n) is 1.11. The Morgan fingerprint density at radius 2 is 1.67 bits per heavy atom. The lowest BCUT2D eigenvalue weighted by molar-refractivity contribution is -0.138. The van der Waals surface area contributed by atoms with Gasteiger partial charge in [-0.2, -0.15) is 0 Å². The quantitative estimate of drug-likeness (QED) is 0.845. The molecule has 1 aromatic carbocycles. The molecule has 0 atom stereocenters. The van der Waals surface area contributed by atoms with E-state index in [9.17, 15) is 9.59 Å². The monoisotopic (exact) mass is 251 g/mol. The van der Waals surface area contributed by atoms with Crippen LogP contribution in [0.2, 0.25) is 0 Å². The van der Waals surface area contributed by atoms with E-state index in [-0.39, 0.29) is 18.7 Å². The number of nitrogens with one attached hydrogen (secondary N) is 1. The highest BCUT2D eigenvalue weighted by Gasteiger charge is 2.04. The molecule has 4 nitrogen and oxygen atoms in total. The molecule has 0 aromatic heterocycles. The second-order valence-electron chi connectivity index (χ2n) is 3.86. The first-order valence-corrected chi connectivity index (χ1v) is 6.12. The number of hydrogen-bond donors (Lipinski definition) is 2. The van der Waals surface area contributed by atoms with E-state index in [1.54, 1.807) is 0 Å². The van der Waals surface area contributed by atoms with Crippen molar-refractivity contribution in [2.45, 2.75) is 39.7 Å². The summed E-state index contributed by atoms with van der Waals surface area (Å²) in [6.07, 6.45) is 1.16. The van der Waals surface area contributed by atoms with Crippen molar-refractivity contribution in [3.05, 3.63) is 35.9 Å². The van der Waals surface area contributed by atoms with E-state index in [1.165, 1.54) is 6.42 Å². The molecule has 0 aliphatic heterocycles. The van der Waals surface area contributed by atoms with Crippen LogP contribution >= 0.6 is 0 Å². The molecule has 1 aromatic rings. The summed E-state index contributed by atoms with van der Waals surface area (Å²) in [5, 5.41) is 11.0. The van der Waals surface area contributed by atoms with Crippen LogP contribution in [-0.2, 0) is 16.1 Å². The van der Waals surface area contributed by atoms with Crippen LogP contribution in [0.15, 0.2) is 30.3 Å². The van der Waals surface area contributed by atoms with Gasteiger partial charge in [-0.3, -0.25) is 9.59 Å². The Bertz CT molecular complexity index is 349. The lowest BCUT2D eigenvalue weighted by Gasteiger charge is -2.03. The zero-order valence-electron chi connectivity index (χ0n) is 11.0. The SMILES string of the molecule is CCC.O=C(O)CCC(=O)NCc1ccccc1. The van der Waals surface area contributed by atoms with Crippen LogP contribution in [0.5, 0.6) is 0 Å². The first-order chi connectivity index (χ1) is 8.60. The minimum atomic E-state index is -0.954. The van der Waals surface area contributed by atoms with E-state index in [4.69, 9.17) is 5.11 Å². The Labute approximate surface area is 108 Å². The third-order valence-electron chi connectivity index (χ3n) is 1.90. The molecule has 0 saturated heterocycles. The van der Waals surface area contributed by atoms with Crippen LogP contribution in [0.1, 0.15) is 38.7 Å². The van der Waals surface area contributed by atoms with Crippen molar-refractivity contribution in [2.75, 3.05) is 0 Å². The number of rotatable bonds is 5. The van der Waals surface area contributed by atoms with Gasteiger partial charge in [0.15, 0.2) is 0 Å².